The Balaban J connectivity index is 2.80. The molecule has 1 rings (SSSR count). The van der Waals surface area contributed by atoms with E-state index in [1.54, 1.807) is 37.3 Å². The van der Waals surface area contributed by atoms with Crippen molar-refractivity contribution in [3.05, 3.63) is 48.6 Å². The summed E-state index contributed by atoms with van der Waals surface area (Å²) in [6, 6.07) is 8.72. The smallest absolute Gasteiger partial charge is 0.328 e. The van der Waals surface area contributed by atoms with Crippen molar-refractivity contribution in [2.75, 3.05) is 7.11 Å². The van der Waals surface area contributed by atoms with Gasteiger partial charge in [-0.2, -0.15) is 0 Å². The Hall–Kier alpha value is -2.14. The third kappa shape index (κ3) is 3.45. The normalized spacial score (nSPS) is 14.8. The fraction of sp³-hybridized carbons (Fsp3) is 0.333. The number of esters is 1. The van der Waals surface area contributed by atoms with Gasteiger partial charge in [-0.05, 0) is 19.1 Å². The molecule has 1 amide bonds. The van der Waals surface area contributed by atoms with Crippen molar-refractivity contribution in [3.8, 4) is 0 Å². The van der Waals surface area contributed by atoms with Crippen LogP contribution in [0, 0.1) is 5.92 Å². The largest absolute Gasteiger partial charge is 0.468 e. The number of benzene rings is 1. The minimum absolute atomic E-state index is 0.231. The van der Waals surface area contributed by atoms with Crippen LogP contribution >= 0.6 is 0 Å². The molecule has 0 saturated carbocycles. The zero-order valence-corrected chi connectivity index (χ0v) is 12.0. The summed E-state index contributed by atoms with van der Waals surface area (Å²) in [7, 11) is 1.30. The second kappa shape index (κ2) is 6.86. The Labute approximate surface area is 119 Å². The molecule has 1 aromatic carbocycles. The highest BCUT2D eigenvalue weighted by atomic mass is 16.5. The maximum absolute atomic E-state index is 12.0. The van der Waals surface area contributed by atoms with Crippen molar-refractivity contribution in [1.29, 1.82) is 0 Å². The molecule has 5 nitrogen and oxygen atoms in total. The number of ether oxygens (including phenoxy) is 1. The zero-order valence-electron chi connectivity index (χ0n) is 12.0. The predicted octanol–water partition coefficient (Wildman–Crippen LogP) is 1.67. The molecule has 0 bridgehead atoms. The van der Waals surface area contributed by atoms with Crippen LogP contribution in [0.5, 0.6) is 0 Å². The van der Waals surface area contributed by atoms with Crippen LogP contribution < -0.4 is 10.9 Å². The van der Waals surface area contributed by atoms with Gasteiger partial charge >= 0.3 is 5.97 Å². The molecule has 0 fully saturated rings. The number of rotatable bonds is 6. The van der Waals surface area contributed by atoms with Gasteiger partial charge in [0.2, 0.25) is 0 Å². The number of amides is 1. The first-order valence-corrected chi connectivity index (χ1v) is 6.29. The van der Waals surface area contributed by atoms with E-state index in [-0.39, 0.29) is 11.8 Å². The first-order chi connectivity index (χ1) is 9.45. The highest BCUT2D eigenvalue weighted by Crippen LogP contribution is 2.19. The minimum atomic E-state index is -1.08. The van der Waals surface area contributed by atoms with Crippen LogP contribution in [0.25, 0.3) is 0 Å². The molecule has 20 heavy (non-hydrogen) atoms. The lowest BCUT2D eigenvalue weighted by Crippen LogP contribution is -2.60. The van der Waals surface area contributed by atoms with Crippen LogP contribution in [0.15, 0.2) is 43.0 Å². The van der Waals surface area contributed by atoms with Gasteiger partial charge in [0.05, 0.1) is 7.11 Å². The molecule has 0 aliphatic heterocycles. The van der Waals surface area contributed by atoms with Gasteiger partial charge in [-0.25, -0.2) is 10.2 Å². The SMILES string of the molecule is C=C[C@H](C)[C@@](C)(NNC(=O)c1ccccc1)C(=O)OC. The molecule has 0 aliphatic carbocycles. The van der Waals surface area contributed by atoms with E-state index in [1.807, 2.05) is 13.0 Å². The number of hydrogen-bond donors (Lipinski definition) is 2. The van der Waals surface area contributed by atoms with E-state index in [4.69, 9.17) is 4.74 Å². The average molecular weight is 276 g/mol. The lowest BCUT2D eigenvalue weighted by molar-refractivity contribution is -0.149. The molecule has 0 heterocycles. The summed E-state index contributed by atoms with van der Waals surface area (Å²) in [6.45, 7) is 7.13. The Morgan fingerprint density at radius 1 is 1.35 bits per heavy atom. The third-order valence-corrected chi connectivity index (χ3v) is 3.35. The molecule has 2 N–H and O–H groups in total. The Kier molecular flexibility index (Phi) is 5.46. The Bertz CT molecular complexity index is 487. The van der Waals surface area contributed by atoms with E-state index in [0.29, 0.717) is 5.56 Å². The summed E-state index contributed by atoms with van der Waals surface area (Å²) < 4.78 is 4.78. The highest BCUT2D eigenvalue weighted by Gasteiger charge is 2.39. The van der Waals surface area contributed by atoms with Crippen LogP contribution in [0.2, 0.25) is 0 Å². The van der Waals surface area contributed by atoms with Gasteiger partial charge in [0, 0.05) is 11.5 Å². The molecule has 108 valence electrons. The van der Waals surface area contributed by atoms with Crippen molar-refractivity contribution in [2.24, 2.45) is 5.92 Å². The molecule has 0 unspecified atom stereocenters. The van der Waals surface area contributed by atoms with Crippen molar-refractivity contribution < 1.29 is 14.3 Å². The van der Waals surface area contributed by atoms with Gasteiger partial charge in [-0.1, -0.05) is 31.2 Å². The maximum Gasteiger partial charge on any atom is 0.328 e. The monoisotopic (exact) mass is 276 g/mol. The lowest BCUT2D eigenvalue weighted by Gasteiger charge is -2.32. The minimum Gasteiger partial charge on any atom is -0.468 e. The summed E-state index contributed by atoms with van der Waals surface area (Å²) in [5, 5.41) is 0. The van der Waals surface area contributed by atoms with E-state index in [2.05, 4.69) is 17.4 Å². The lowest BCUT2D eigenvalue weighted by atomic mass is 9.88. The summed E-state index contributed by atoms with van der Waals surface area (Å²) in [5.41, 5.74) is 4.70. The highest BCUT2D eigenvalue weighted by molar-refractivity contribution is 5.94. The topological polar surface area (TPSA) is 67.4 Å². The predicted molar refractivity (Wildman–Crippen MR) is 76.8 cm³/mol. The average Bonchev–Trinajstić information content (AvgIpc) is 2.51. The fourth-order valence-electron chi connectivity index (χ4n) is 1.65. The Morgan fingerprint density at radius 3 is 2.45 bits per heavy atom. The molecule has 0 spiro atoms. The van der Waals surface area contributed by atoms with E-state index in [1.165, 1.54) is 7.11 Å². The van der Waals surface area contributed by atoms with E-state index < -0.39 is 11.5 Å². The number of hydrazine groups is 1. The van der Waals surface area contributed by atoms with Gasteiger partial charge in [-0.3, -0.25) is 10.2 Å². The van der Waals surface area contributed by atoms with Gasteiger partial charge in [0.25, 0.3) is 5.91 Å². The number of carbonyl (C=O) groups is 2. The van der Waals surface area contributed by atoms with Crippen LogP contribution in [-0.4, -0.2) is 24.5 Å². The second-order valence-corrected chi connectivity index (χ2v) is 4.66. The number of carbonyl (C=O) groups excluding carboxylic acids is 2. The molecule has 2 atom stereocenters. The van der Waals surface area contributed by atoms with Crippen LogP contribution in [-0.2, 0) is 9.53 Å². The molecule has 0 saturated heterocycles. The van der Waals surface area contributed by atoms with Gasteiger partial charge in [0.15, 0.2) is 0 Å². The van der Waals surface area contributed by atoms with Gasteiger partial charge < -0.3 is 4.74 Å². The zero-order chi connectivity index (χ0) is 15.2. The van der Waals surface area contributed by atoms with E-state index in [0.717, 1.165) is 0 Å². The summed E-state index contributed by atoms with van der Waals surface area (Å²) in [6.07, 6.45) is 1.62. The van der Waals surface area contributed by atoms with Gasteiger partial charge in [0.1, 0.15) is 5.54 Å². The molecular weight excluding hydrogens is 256 g/mol. The molecule has 1 aromatic rings. The number of nitrogens with one attached hydrogen (secondary N) is 2. The van der Waals surface area contributed by atoms with E-state index >= 15 is 0 Å². The number of hydrogen-bond acceptors (Lipinski definition) is 4. The molecular formula is C15H20N2O3. The standard InChI is InChI=1S/C15H20N2O3/c1-5-11(2)15(3,14(19)20-4)17-16-13(18)12-9-7-6-8-10-12/h5-11,17H,1H2,2-4H3,(H,16,18)/t11-,15+/m0/s1. The molecule has 0 aromatic heterocycles. The molecule has 0 aliphatic rings. The maximum atomic E-state index is 12.0. The fourth-order valence-corrected chi connectivity index (χ4v) is 1.65. The summed E-state index contributed by atoms with van der Waals surface area (Å²) in [4.78, 5) is 23.9. The molecule has 0 radical (unpaired) electrons. The first kappa shape index (κ1) is 15.9. The number of methoxy groups -OCH3 is 1. The van der Waals surface area contributed by atoms with Crippen molar-refractivity contribution in [3.63, 3.8) is 0 Å². The second-order valence-electron chi connectivity index (χ2n) is 4.66. The third-order valence-electron chi connectivity index (χ3n) is 3.35. The van der Waals surface area contributed by atoms with Crippen LogP contribution in [0.3, 0.4) is 0 Å². The van der Waals surface area contributed by atoms with Crippen LogP contribution in [0.4, 0.5) is 0 Å². The van der Waals surface area contributed by atoms with Crippen molar-refractivity contribution in [2.45, 2.75) is 19.4 Å². The summed E-state index contributed by atoms with van der Waals surface area (Å²) in [5.74, 6) is -1.03. The quantitative estimate of drug-likeness (QED) is 0.471. The molecule has 5 heteroatoms. The van der Waals surface area contributed by atoms with Gasteiger partial charge in [-0.15, -0.1) is 6.58 Å². The Morgan fingerprint density at radius 2 is 1.95 bits per heavy atom. The van der Waals surface area contributed by atoms with Crippen LogP contribution in [0.1, 0.15) is 24.2 Å². The van der Waals surface area contributed by atoms with E-state index in [9.17, 15) is 9.59 Å². The van der Waals surface area contributed by atoms with Crippen molar-refractivity contribution in [1.82, 2.24) is 10.9 Å². The first-order valence-electron chi connectivity index (χ1n) is 6.29. The van der Waals surface area contributed by atoms with Crippen molar-refractivity contribution >= 4 is 11.9 Å². The summed E-state index contributed by atoms with van der Waals surface area (Å²) >= 11 is 0.